The van der Waals surface area contributed by atoms with Crippen LogP contribution in [0.3, 0.4) is 0 Å². The van der Waals surface area contributed by atoms with Crippen LogP contribution in [0.1, 0.15) is 11.3 Å². The first-order valence-corrected chi connectivity index (χ1v) is 6.33. The molecule has 0 bridgehead atoms. The van der Waals surface area contributed by atoms with E-state index in [2.05, 4.69) is 15.3 Å². The normalized spacial score (nSPS) is 11.1. The minimum Gasteiger partial charge on any atom is -0.265 e. The molecule has 98 valence electrons. The van der Waals surface area contributed by atoms with Crippen LogP contribution in [-0.2, 0) is 0 Å². The fraction of sp³-hybridized carbons (Fsp3) is 0.0909. The molecule has 0 spiro atoms. The van der Waals surface area contributed by atoms with Crippen molar-refractivity contribution in [2.45, 2.75) is 6.92 Å². The highest BCUT2D eigenvalue weighted by atomic mass is 35.5. The number of aryl methyl sites for hydroxylation is 1. The third kappa shape index (κ3) is 3.09. The van der Waals surface area contributed by atoms with Crippen LogP contribution in [0.5, 0.6) is 0 Å². The molecule has 19 heavy (non-hydrogen) atoms. The molecule has 0 aliphatic rings. The second kappa shape index (κ2) is 5.64. The number of hydrogen-bond acceptors (Lipinski definition) is 4. The Morgan fingerprint density at radius 2 is 2.21 bits per heavy atom. The molecule has 5 nitrogen and oxygen atoms in total. The third-order valence-electron chi connectivity index (χ3n) is 2.29. The molecule has 1 N–H and O–H groups in total. The number of rotatable bonds is 2. The largest absolute Gasteiger partial charge is 0.296 e. The van der Waals surface area contributed by atoms with Crippen LogP contribution in [0, 0.1) is 11.7 Å². The molecule has 0 radical (unpaired) electrons. The number of hydrogen-bond donors (Lipinski definition) is 1. The average molecular weight is 315 g/mol. The van der Waals surface area contributed by atoms with E-state index in [4.69, 9.17) is 35.4 Å². The van der Waals surface area contributed by atoms with E-state index in [1.54, 1.807) is 25.1 Å². The topological polar surface area (TPSA) is 63.0 Å². The van der Waals surface area contributed by atoms with E-state index in [-0.39, 0.29) is 16.0 Å². The van der Waals surface area contributed by atoms with Crippen molar-refractivity contribution in [1.82, 2.24) is 14.9 Å². The van der Waals surface area contributed by atoms with Gasteiger partial charge in [0.1, 0.15) is 5.69 Å². The summed E-state index contributed by atoms with van der Waals surface area (Å²) in [5, 5.41) is 11.2. The Balaban J connectivity index is 2.47. The second-order valence-corrected chi connectivity index (χ2v) is 4.87. The van der Waals surface area contributed by atoms with Gasteiger partial charge in [-0.25, -0.2) is 0 Å². The van der Waals surface area contributed by atoms with E-state index in [1.165, 1.54) is 6.21 Å². The second-order valence-electron chi connectivity index (χ2n) is 3.64. The van der Waals surface area contributed by atoms with Gasteiger partial charge in [0.05, 0.1) is 11.2 Å². The van der Waals surface area contributed by atoms with Crippen LogP contribution in [0.25, 0.3) is 0 Å². The molecule has 0 saturated carbocycles. The average Bonchev–Trinajstić information content (AvgIpc) is 2.36. The van der Waals surface area contributed by atoms with Gasteiger partial charge in [0, 0.05) is 10.6 Å². The minimum absolute atomic E-state index is 0.108. The lowest BCUT2D eigenvalue weighted by molar-refractivity contribution is 0.720. The number of aromatic amines is 1. The SMILES string of the molecule is Cc1n[nH]c(=S)n(/N=C\c2ccc(Cl)cc2Cl)c1=O. The number of aromatic nitrogens is 3. The molecule has 0 aliphatic heterocycles. The zero-order valence-corrected chi connectivity index (χ0v) is 12.1. The van der Waals surface area contributed by atoms with Gasteiger partial charge in [0.25, 0.3) is 5.56 Å². The fourth-order valence-corrected chi connectivity index (χ4v) is 1.94. The molecule has 0 saturated heterocycles. The smallest absolute Gasteiger partial charge is 0.265 e. The van der Waals surface area contributed by atoms with Gasteiger partial charge in [-0.3, -0.25) is 9.89 Å². The van der Waals surface area contributed by atoms with E-state index < -0.39 is 0 Å². The highest BCUT2D eigenvalue weighted by molar-refractivity contribution is 7.71. The molecule has 1 aromatic carbocycles. The van der Waals surface area contributed by atoms with Crippen molar-refractivity contribution in [2.75, 3.05) is 0 Å². The highest BCUT2D eigenvalue weighted by Crippen LogP contribution is 2.19. The highest BCUT2D eigenvalue weighted by Gasteiger charge is 2.02. The van der Waals surface area contributed by atoms with Gasteiger partial charge in [0.2, 0.25) is 4.77 Å². The summed E-state index contributed by atoms with van der Waals surface area (Å²) in [5.41, 5.74) is 0.514. The van der Waals surface area contributed by atoms with E-state index in [1.807, 2.05) is 0 Å². The van der Waals surface area contributed by atoms with E-state index in [0.717, 1.165) is 4.68 Å². The first kappa shape index (κ1) is 13.9. The Hall–Kier alpha value is -1.50. The minimum atomic E-state index is -0.384. The maximum absolute atomic E-state index is 11.8. The molecule has 0 atom stereocenters. The molecular weight excluding hydrogens is 307 g/mol. The number of nitrogens with zero attached hydrogens (tertiary/aromatic N) is 3. The molecule has 1 heterocycles. The molecule has 2 aromatic rings. The van der Waals surface area contributed by atoms with Crippen LogP contribution in [0.4, 0.5) is 0 Å². The van der Waals surface area contributed by atoms with Crippen LogP contribution in [0.2, 0.25) is 10.0 Å². The summed E-state index contributed by atoms with van der Waals surface area (Å²) in [6, 6.07) is 4.96. The van der Waals surface area contributed by atoms with Gasteiger partial charge in [-0.05, 0) is 31.3 Å². The Kier molecular flexibility index (Phi) is 4.14. The lowest BCUT2D eigenvalue weighted by Crippen LogP contribution is -2.22. The molecule has 0 fully saturated rings. The first-order chi connectivity index (χ1) is 8.99. The zero-order chi connectivity index (χ0) is 14.0. The number of halogens is 2. The molecule has 0 amide bonds. The number of benzene rings is 1. The number of H-pyrrole nitrogens is 1. The lowest BCUT2D eigenvalue weighted by atomic mass is 10.2. The van der Waals surface area contributed by atoms with E-state index in [0.29, 0.717) is 15.6 Å². The van der Waals surface area contributed by atoms with Crippen molar-refractivity contribution in [1.29, 1.82) is 0 Å². The van der Waals surface area contributed by atoms with Crippen LogP contribution < -0.4 is 5.56 Å². The van der Waals surface area contributed by atoms with Gasteiger partial charge in [-0.15, -0.1) is 0 Å². The standard InChI is InChI=1S/C11H8Cl2N4OS/c1-6-10(18)17(11(19)16-15-6)14-5-7-2-3-8(12)4-9(7)13/h2-5H,1H3,(H,16,19)/b14-5-. The number of nitrogens with one attached hydrogen (secondary N) is 1. The summed E-state index contributed by atoms with van der Waals surface area (Å²) in [5.74, 6) is 0. The van der Waals surface area contributed by atoms with Crippen molar-refractivity contribution in [3.8, 4) is 0 Å². The fourth-order valence-electron chi connectivity index (χ4n) is 1.30. The summed E-state index contributed by atoms with van der Waals surface area (Å²) in [7, 11) is 0. The van der Waals surface area contributed by atoms with Crippen LogP contribution >= 0.6 is 35.4 Å². The van der Waals surface area contributed by atoms with Crippen molar-refractivity contribution >= 4 is 41.6 Å². The van der Waals surface area contributed by atoms with Crippen LogP contribution in [0.15, 0.2) is 28.1 Å². The lowest BCUT2D eigenvalue weighted by Gasteiger charge is -2.00. The van der Waals surface area contributed by atoms with Gasteiger partial charge >= 0.3 is 0 Å². The Labute approximate surface area is 123 Å². The van der Waals surface area contributed by atoms with Gasteiger partial charge in [-0.2, -0.15) is 14.9 Å². The predicted octanol–water partition coefficient (Wildman–Crippen LogP) is 2.80. The summed E-state index contributed by atoms with van der Waals surface area (Å²) in [6.07, 6.45) is 1.43. The first-order valence-electron chi connectivity index (χ1n) is 5.17. The molecular formula is C11H8Cl2N4OS. The third-order valence-corrected chi connectivity index (χ3v) is 3.11. The molecule has 0 aliphatic carbocycles. The summed E-state index contributed by atoms with van der Waals surface area (Å²) >= 11 is 16.7. The Morgan fingerprint density at radius 1 is 1.47 bits per heavy atom. The van der Waals surface area contributed by atoms with Crippen LogP contribution in [-0.4, -0.2) is 21.1 Å². The zero-order valence-electron chi connectivity index (χ0n) is 9.72. The van der Waals surface area contributed by atoms with Crippen molar-refractivity contribution in [3.05, 3.63) is 54.6 Å². The summed E-state index contributed by atoms with van der Waals surface area (Å²) in [6.45, 7) is 1.56. The van der Waals surface area contributed by atoms with Crippen molar-refractivity contribution in [3.63, 3.8) is 0 Å². The van der Waals surface area contributed by atoms with Crippen molar-refractivity contribution in [2.24, 2.45) is 5.10 Å². The van der Waals surface area contributed by atoms with E-state index >= 15 is 0 Å². The Bertz CT molecular complexity index is 766. The predicted molar refractivity (Wildman–Crippen MR) is 77.9 cm³/mol. The molecule has 8 heteroatoms. The molecule has 0 unspecified atom stereocenters. The van der Waals surface area contributed by atoms with Crippen molar-refractivity contribution < 1.29 is 0 Å². The summed E-state index contributed by atoms with van der Waals surface area (Å²) < 4.78 is 1.15. The quantitative estimate of drug-likeness (QED) is 0.685. The van der Waals surface area contributed by atoms with E-state index in [9.17, 15) is 4.79 Å². The van der Waals surface area contributed by atoms with Gasteiger partial charge in [-0.1, -0.05) is 29.3 Å². The van der Waals surface area contributed by atoms with Gasteiger partial charge < -0.3 is 0 Å². The molecule has 1 aromatic heterocycles. The maximum Gasteiger partial charge on any atom is 0.296 e. The molecule has 2 rings (SSSR count). The maximum atomic E-state index is 11.8. The monoisotopic (exact) mass is 314 g/mol. The van der Waals surface area contributed by atoms with Gasteiger partial charge in [0.15, 0.2) is 0 Å². The summed E-state index contributed by atoms with van der Waals surface area (Å²) in [4.78, 5) is 11.8. The Morgan fingerprint density at radius 3 is 2.89 bits per heavy atom.